The normalized spacial score (nSPS) is 11.9. The van der Waals surface area contributed by atoms with Gasteiger partial charge in [0.25, 0.3) is 0 Å². The van der Waals surface area contributed by atoms with Crippen LogP contribution in [0.1, 0.15) is 23.7 Å². The summed E-state index contributed by atoms with van der Waals surface area (Å²) in [6.07, 6.45) is 0.111. The smallest absolute Gasteiger partial charge is 0.327 e. The third-order valence-corrected chi connectivity index (χ3v) is 2.11. The van der Waals surface area contributed by atoms with Crippen LogP contribution >= 0.6 is 0 Å². The highest BCUT2D eigenvalue weighted by atomic mass is 16.7. The van der Waals surface area contributed by atoms with Crippen LogP contribution in [0.4, 0.5) is 0 Å². The quantitative estimate of drug-likeness (QED) is 0.597. The molecule has 1 aromatic rings. The van der Waals surface area contributed by atoms with E-state index in [0.717, 1.165) is 0 Å². The Morgan fingerprint density at radius 1 is 1.33 bits per heavy atom. The van der Waals surface area contributed by atoms with Crippen LogP contribution in [0.25, 0.3) is 0 Å². The lowest BCUT2D eigenvalue weighted by molar-refractivity contribution is -0.148. The molecule has 0 fully saturated rings. The van der Waals surface area contributed by atoms with Crippen molar-refractivity contribution in [3.63, 3.8) is 0 Å². The van der Waals surface area contributed by atoms with Crippen LogP contribution < -0.4 is 5.90 Å². The molecule has 0 heterocycles. The van der Waals surface area contributed by atoms with Crippen molar-refractivity contribution < 1.29 is 14.4 Å². The van der Waals surface area contributed by atoms with E-state index in [2.05, 4.69) is 4.84 Å². The third-order valence-electron chi connectivity index (χ3n) is 2.11. The first-order valence-electron chi connectivity index (χ1n) is 4.64. The number of nitrogens with two attached hydrogens (primary N) is 1. The summed E-state index contributed by atoms with van der Waals surface area (Å²) in [5, 5.41) is 0. The summed E-state index contributed by atoms with van der Waals surface area (Å²) in [7, 11) is 0. The molecule has 2 N–H and O–H groups in total. The molecule has 15 heavy (non-hydrogen) atoms. The zero-order chi connectivity index (χ0) is 11.3. The van der Waals surface area contributed by atoms with Gasteiger partial charge in [-0.25, -0.2) is 0 Å². The fourth-order valence-electron chi connectivity index (χ4n) is 1.22. The lowest BCUT2D eigenvalue weighted by Crippen LogP contribution is -2.21. The number of hydrogen-bond donors (Lipinski definition) is 1. The molecule has 1 rings (SSSR count). The Bertz CT molecular complexity index is 348. The molecule has 4 nitrogen and oxygen atoms in total. The summed E-state index contributed by atoms with van der Waals surface area (Å²) < 4.78 is 0. The topological polar surface area (TPSA) is 69.4 Å². The van der Waals surface area contributed by atoms with Crippen LogP contribution in [0, 0.1) is 5.92 Å². The summed E-state index contributed by atoms with van der Waals surface area (Å²) in [6, 6.07) is 8.80. The maximum absolute atomic E-state index is 11.6. The highest BCUT2D eigenvalue weighted by molar-refractivity contribution is 5.97. The fraction of sp³-hybridized carbons (Fsp3) is 0.273. The van der Waals surface area contributed by atoms with Crippen LogP contribution in [0.15, 0.2) is 30.3 Å². The second kappa shape index (κ2) is 5.26. The van der Waals surface area contributed by atoms with E-state index in [1.54, 1.807) is 31.2 Å². The number of ketones is 1. The minimum atomic E-state index is -0.570. The highest BCUT2D eigenvalue weighted by Crippen LogP contribution is 2.10. The van der Waals surface area contributed by atoms with Gasteiger partial charge in [0.15, 0.2) is 5.78 Å². The number of carbonyl (C=O) groups is 2. The number of rotatable bonds is 4. The molecule has 0 bridgehead atoms. The molecular weight excluding hydrogens is 194 g/mol. The van der Waals surface area contributed by atoms with Crippen molar-refractivity contribution in [2.24, 2.45) is 11.8 Å². The Morgan fingerprint density at radius 3 is 2.47 bits per heavy atom. The Labute approximate surface area is 88.0 Å². The van der Waals surface area contributed by atoms with Gasteiger partial charge in [-0.2, -0.15) is 5.90 Å². The highest BCUT2D eigenvalue weighted by Gasteiger charge is 2.18. The van der Waals surface area contributed by atoms with Gasteiger partial charge in [0.05, 0.1) is 5.92 Å². The van der Waals surface area contributed by atoms with E-state index in [9.17, 15) is 9.59 Å². The predicted molar refractivity (Wildman–Crippen MR) is 54.8 cm³/mol. The van der Waals surface area contributed by atoms with Gasteiger partial charge in [-0.1, -0.05) is 37.3 Å². The van der Waals surface area contributed by atoms with Crippen LogP contribution in [-0.2, 0) is 9.63 Å². The lowest BCUT2D eigenvalue weighted by atomic mass is 10.00. The summed E-state index contributed by atoms with van der Waals surface area (Å²) >= 11 is 0. The van der Waals surface area contributed by atoms with Crippen molar-refractivity contribution in [3.8, 4) is 0 Å². The zero-order valence-electron chi connectivity index (χ0n) is 8.47. The number of hydrogen-bond acceptors (Lipinski definition) is 4. The van der Waals surface area contributed by atoms with Crippen LogP contribution in [0.3, 0.4) is 0 Å². The molecule has 80 valence electrons. The Kier molecular flexibility index (Phi) is 4.00. The molecule has 0 aliphatic rings. The van der Waals surface area contributed by atoms with Gasteiger partial charge in [0, 0.05) is 12.0 Å². The molecule has 0 amide bonds. The number of benzene rings is 1. The van der Waals surface area contributed by atoms with Gasteiger partial charge >= 0.3 is 5.97 Å². The van der Waals surface area contributed by atoms with Crippen molar-refractivity contribution in [1.82, 2.24) is 0 Å². The van der Waals surface area contributed by atoms with Gasteiger partial charge < -0.3 is 4.84 Å². The zero-order valence-corrected chi connectivity index (χ0v) is 8.47. The molecule has 0 aliphatic carbocycles. The van der Waals surface area contributed by atoms with Gasteiger partial charge in [-0.15, -0.1) is 0 Å². The van der Waals surface area contributed by atoms with E-state index < -0.39 is 11.9 Å². The molecule has 1 atom stereocenters. The Hall–Kier alpha value is -1.68. The summed E-state index contributed by atoms with van der Waals surface area (Å²) in [5.74, 6) is 3.56. The maximum atomic E-state index is 11.6. The first-order chi connectivity index (χ1) is 7.15. The molecule has 1 unspecified atom stereocenters. The van der Waals surface area contributed by atoms with Crippen LogP contribution in [0.2, 0.25) is 0 Å². The molecule has 0 aromatic heterocycles. The largest absolute Gasteiger partial charge is 0.373 e. The monoisotopic (exact) mass is 207 g/mol. The first-order valence-corrected chi connectivity index (χ1v) is 4.64. The van der Waals surface area contributed by atoms with Gasteiger partial charge in [0.1, 0.15) is 0 Å². The van der Waals surface area contributed by atoms with Crippen molar-refractivity contribution >= 4 is 11.8 Å². The minimum absolute atomic E-state index is 0.0894. The average Bonchev–Trinajstić information content (AvgIpc) is 2.29. The molecule has 0 spiro atoms. The van der Waals surface area contributed by atoms with Gasteiger partial charge in [-0.3, -0.25) is 9.59 Å². The van der Waals surface area contributed by atoms with Crippen LogP contribution in [-0.4, -0.2) is 11.8 Å². The average molecular weight is 207 g/mol. The Balaban J connectivity index is 2.61. The second-order valence-corrected chi connectivity index (χ2v) is 3.33. The number of carbonyl (C=O) groups excluding carboxylic acids is 2. The summed E-state index contributed by atoms with van der Waals surface area (Å²) in [5.41, 5.74) is 0.592. The van der Waals surface area contributed by atoms with Crippen LogP contribution in [0.5, 0.6) is 0 Å². The van der Waals surface area contributed by atoms with Gasteiger partial charge in [-0.05, 0) is 0 Å². The molecule has 1 aromatic carbocycles. The summed E-state index contributed by atoms with van der Waals surface area (Å²) in [6.45, 7) is 1.61. The van der Waals surface area contributed by atoms with Crippen molar-refractivity contribution in [2.45, 2.75) is 13.3 Å². The maximum Gasteiger partial charge on any atom is 0.327 e. The molecule has 0 saturated heterocycles. The predicted octanol–water partition coefficient (Wildman–Crippen LogP) is 1.31. The second-order valence-electron chi connectivity index (χ2n) is 3.33. The SMILES string of the molecule is CC(CC(=O)c1ccccc1)C(=O)ON. The molecule has 0 radical (unpaired) electrons. The van der Waals surface area contributed by atoms with E-state index in [1.807, 2.05) is 6.07 Å². The Morgan fingerprint density at radius 2 is 1.93 bits per heavy atom. The lowest BCUT2D eigenvalue weighted by Gasteiger charge is -2.06. The molecule has 0 saturated carbocycles. The van der Waals surface area contributed by atoms with Crippen molar-refractivity contribution in [1.29, 1.82) is 0 Å². The first kappa shape index (κ1) is 11.4. The molecule has 4 heteroatoms. The van der Waals surface area contributed by atoms with E-state index in [-0.39, 0.29) is 12.2 Å². The third kappa shape index (κ3) is 3.18. The standard InChI is InChI=1S/C11H13NO3/c1-8(11(14)15-12)7-10(13)9-5-3-2-4-6-9/h2-6,8H,7,12H2,1H3. The van der Waals surface area contributed by atoms with E-state index in [0.29, 0.717) is 5.56 Å². The molecule has 0 aliphatic heterocycles. The van der Waals surface area contributed by atoms with E-state index in [1.165, 1.54) is 0 Å². The number of Topliss-reactive ketones (excluding diaryl/α,β-unsaturated/α-hetero) is 1. The van der Waals surface area contributed by atoms with Crippen molar-refractivity contribution in [3.05, 3.63) is 35.9 Å². The van der Waals surface area contributed by atoms with Crippen molar-refractivity contribution in [2.75, 3.05) is 0 Å². The van der Waals surface area contributed by atoms with Gasteiger partial charge in [0.2, 0.25) is 0 Å². The minimum Gasteiger partial charge on any atom is -0.373 e. The van der Waals surface area contributed by atoms with E-state index in [4.69, 9.17) is 5.90 Å². The summed E-state index contributed by atoms with van der Waals surface area (Å²) in [4.78, 5) is 26.7. The van der Waals surface area contributed by atoms with E-state index >= 15 is 0 Å². The fourth-order valence-corrected chi connectivity index (χ4v) is 1.22. The molecular formula is C11H13NO3.